The molecule has 3 amide bonds. The number of benzene rings is 1. The number of piperidine rings is 1. The molecule has 1 aromatic carbocycles. The van der Waals surface area contributed by atoms with E-state index in [1.54, 1.807) is 17.0 Å². The van der Waals surface area contributed by atoms with Crippen LogP contribution in [0.2, 0.25) is 0 Å². The maximum absolute atomic E-state index is 12.5. The lowest BCUT2D eigenvalue weighted by atomic mass is 9.95. The highest BCUT2D eigenvalue weighted by Gasteiger charge is 2.28. The molecule has 134 valence electrons. The Kier molecular flexibility index (Phi) is 5.73. The van der Waals surface area contributed by atoms with Crippen molar-refractivity contribution in [3.8, 4) is 0 Å². The largest absolute Gasteiger partial charge is 0.352 e. The fraction of sp³-hybridized carbons (Fsp3) is 0.500. The van der Waals surface area contributed by atoms with Crippen molar-refractivity contribution in [2.75, 3.05) is 19.6 Å². The first-order chi connectivity index (χ1) is 12.0. The van der Waals surface area contributed by atoms with E-state index in [1.807, 2.05) is 12.1 Å². The lowest BCUT2D eigenvalue weighted by molar-refractivity contribution is -0.129. The number of amides is 3. The predicted octanol–water partition coefficient (Wildman–Crippen LogP) is 1.70. The van der Waals surface area contributed by atoms with E-state index in [0.717, 1.165) is 17.3 Å². The molecule has 2 fully saturated rings. The van der Waals surface area contributed by atoms with Gasteiger partial charge in [0.25, 0.3) is 5.91 Å². The second-order valence-electron chi connectivity index (χ2n) is 6.63. The fourth-order valence-electron chi connectivity index (χ4n) is 2.94. The first kappa shape index (κ1) is 17.9. The molecular formula is C18H22BrN3O3. The number of hydrogen-bond acceptors (Lipinski definition) is 3. The average Bonchev–Trinajstić information content (AvgIpc) is 3.44. The van der Waals surface area contributed by atoms with Crippen LogP contribution in [0, 0.1) is 5.92 Å². The molecule has 0 bridgehead atoms. The molecule has 1 heterocycles. The molecule has 1 saturated carbocycles. The van der Waals surface area contributed by atoms with E-state index in [4.69, 9.17) is 0 Å². The molecule has 25 heavy (non-hydrogen) atoms. The van der Waals surface area contributed by atoms with Crippen molar-refractivity contribution >= 4 is 33.7 Å². The Morgan fingerprint density at radius 2 is 1.68 bits per heavy atom. The summed E-state index contributed by atoms with van der Waals surface area (Å²) in [6, 6.07) is 7.59. The van der Waals surface area contributed by atoms with Gasteiger partial charge in [0.1, 0.15) is 0 Å². The topological polar surface area (TPSA) is 78.5 Å². The molecule has 0 radical (unpaired) electrons. The predicted molar refractivity (Wildman–Crippen MR) is 96.9 cm³/mol. The SMILES string of the molecule is O=C(CNC(=O)C1CCN(C(=O)c2ccc(Br)cc2)CC1)NC1CC1. The van der Waals surface area contributed by atoms with E-state index in [-0.39, 0.29) is 30.2 Å². The van der Waals surface area contributed by atoms with Gasteiger partial charge in [-0.1, -0.05) is 15.9 Å². The van der Waals surface area contributed by atoms with Crippen molar-refractivity contribution in [2.24, 2.45) is 5.92 Å². The summed E-state index contributed by atoms with van der Waals surface area (Å²) in [5, 5.41) is 5.55. The number of likely N-dealkylation sites (tertiary alicyclic amines) is 1. The van der Waals surface area contributed by atoms with Crippen molar-refractivity contribution in [3.63, 3.8) is 0 Å². The van der Waals surface area contributed by atoms with E-state index in [0.29, 0.717) is 37.5 Å². The van der Waals surface area contributed by atoms with E-state index < -0.39 is 0 Å². The van der Waals surface area contributed by atoms with Gasteiger partial charge in [0.05, 0.1) is 6.54 Å². The van der Waals surface area contributed by atoms with Crippen LogP contribution in [0.4, 0.5) is 0 Å². The third-order valence-corrected chi connectivity index (χ3v) is 5.14. The second-order valence-corrected chi connectivity index (χ2v) is 7.55. The third kappa shape index (κ3) is 5.04. The lowest BCUT2D eigenvalue weighted by Gasteiger charge is -2.31. The molecular weight excluding hydrogens is 386 g/mol. The van der Waals surface area contributed by atoms with Crippen LogP contribution in [0.15, 0.2) is 28.7 Å². The van der Waals surface area contributed by atoms with E-state index in [9.17, 15) is 14.4 Å². The molecule has 0 atom stereocenters. The lowest BCUT2D eigenvalue weighted by Crippen LogP contribution is -2.45. The van der Waals surface area contributed by atoms with Crippen LogP contribution >= 0.6 is 15.9 Å². The molecule has 2 aliphatic rings. The van der Waals surface area contributed by atoms with Crippen molar-refractivity contribution in [3.05, 3.63) is 34.3 Å². The van der Waals surface area contributed by atoms with Gasteiger partial charge in [-0.25, -0.2) is 0 Å². The van der Waals surface area contributed by atoms with Gasteiger partial charge in [-0.3, -0.25) is 14.4 Å². The van der Waals surface area contributed by atoms with Crippen molar-refractivity contribution in [1.29, 1.82) is 0 Å². The second kappa shape index (κ2) is 7.99. The number of carbonyl (C=O) groups excluding carboxylic acids is 3. The first-order valence-corrected chi connectivity index (χ1v) is 9.44. The quantitative estimate of drug-likeness (QED) is 0.779. The van der Waals surface area contributed by atoms with Crippen molar-refractivity contribution < 1.29 is 14.4 Å². The zero-order valence-corrected chi connectivity index (χ0v) is 15.5. The summed E-state index contributed by atoms with van der Waals surface area (Å²) in [5.74, 6) is -0.363. The van der Waals surface area contributed by atoms with E-state index >= 15 is 0 Å². The minimum absolute atomic E-state index is 0.00447. The highest BCUT2D eigenvalue weighted by molar-refractivity contribution is 9.10. The molecule has 7 heteroatoms. The minimum atomic E-state index is -0.136. The van der Waals surface area contributed by atoms with Gasteiger partial charge in [-0.2, -0.15) is 0 Å². The highest BCUT2D eigenvalue weighted by Crippen LogP contribution is 2.20. The Balaban J connectivity index is 1.42. The number of halogens is 1. The molecule has 0 spiro atoms. The van der Waals surface area contributed by atoms with Crippen LogP contribution < -0.4 is 10.6 Å². The number of nitrogens with one attached hydrogen (secondary N) is 2. The van der Waals surface area contributed by atoms with Gasteiger partial charge in [0.15, 0.2) is 0 Å². The summed E-state index contributed by atoms with van der Waals surface area (Å²) in [4.78, 5) is 38.1. The smallest absolute Gasteiger partial charge is 0.253 e. The fourth-order valence-corrected chi connectivity index (χ4v) is 3.20. The van der Waals surface area contributed by atoms with E-state index in [2.05, 4.69) is 26.6 Å². The number of nitrogens with zero attached hydrogens (tertiary/aromatic N) is 1. The summed E-state index contributed by atoms with van der Waals surface area (Å²) in [5.41, 5.74) is 0.655. The maximum Gasteiger partial charge on any atom is 0.253 e. The average molecular weight is 408 g/mol. The van der Waals surface area contributed by atoms with Crippen LogP contribution in [0.25, 0.3) is 0 Å². The van der Waals surface area contributed by atoms with E-state index in [1.165, 1.54) is 0 Å². The van der Waals surface area contributed by atoms with Gasteiger partial charge >= 0.3 is 0 Å². The monoisotopic (exact) mass is 407 g/mol. The van der Waals surface area contributed by atoms with Crippen molar-refractivity contribution in [2.45, 2.75) is 31.7 Å². The van der Waals surface area contributed by atoms with Crippen molar-refractivity contribution in [1.82, 2.24) is 15.5 Å². The summed E-state index contributed by atoms with van der Waals surface area (Å²) >= 11 is 3.36. The third-order valence-electron chi connectivity index (χ3n) is 4.61. The molecule has 1 saturated heterocycles. The summed E-state index contributed by atoms with van der Waals surface area (Å²) in [6.07, 6.45) is 3.31. The molecule has 3 rings (SSSR count). The zero-order chi connectivity index (χ0) is 17.8. The Bertz CT molecular complexity index is 650. The van der Waals surface area contributed by atoms with Crippen LogP contribution in [0.5, 0.6) is 0 Å². The van der Waals surface area contributed by atoms with Crippen LogP contribution in [-0.4, -0.2) is 48.3 Å². The Labute approximate surface area is 155 Å². The van der Waals surface area contributed by atoms with Crippen LogP contribution in [0.3, 0.4) is 0 Å². The Hall–Kier alpha value is -1.89. The maximum atomic E-state index is 12.5. The number of carbonyl (C=O) groups is 3. The zero-order valence-electron chi connectivity index (χ0n) is 14.0. The molecule has 0 aromatic heterocycles. The first-order valence-electron chi connectivity index (χ1n) is 8.65. The molecule has 0 unspecified atom stereocenters. The molecule has 6 nitrogen and oxygen atoms in total. The normalized spacial score (nSPS) is 17.9. The van der Waals surface area contributed by atoms with Gasteiger partial charge in [-0.05, 0) is 49.9 Å². The standard InChI is InChI=1S/C18H22BrN3O3/c19-14-3-1-13(2-4-14)18(25)22-9-7-12(8-10-22)17(24)20-11-16(23)21-15-5-6-15/h1-4,12,15H,5-11H2,(H,20,24)(H,21,23). The molecule has 2 N–H and O–H groups in total. The molecule has 1 aliphatic carbocycles. The minimum Gasteiger partial charge on any atom is -0.352 e. The molecule has 1 aliphatic heterocycles. The van der Waals surface area contributed by atoms with Gasteiger partial charge in [0, 0.05) is 35.1 Å². The van der Waals surface area contributed by atoms with Gasteiger partial charge < -0.3 is 15.5 Å². The summed E-state index contributed by atoms with van der Waals surface area (Å²) in [6.45, 7) is 1.15. The number of rotatable bonds is 5. The van der Waals surface area contributed by atoms with Gasteiger partial charge in [-0.15, -0.1) is 0 Å². The Morgan fingerprint density at radius 3 is 2.28 bits per heavy atom. The molecule has 1 aromatic rings. The summed E-state index contributed by atoms with van der Waals surface area (Å²) in [7, 11) is 0. The number of hydrogen-bond donors (Lipinski definition) is 2. The van der Waals surface area contributed by atoms with Crippen LogP contribution in [0.1, 0.15) is 36.0 Å². The van der Waals surface area contributed by atoms with Crippen LogP contribution in [-0.2, 0) is 9.59 Å². The summed E-state index contributed by atoms with van der Waals surface area (Å²) < 4.78 is 0.935. The highest BCUT2D eigenvalue weighted by atomic mass is 79.9. The Morgan fingerprint density at radius 1 is 1.04 bits per heavy atom. The van der Waals surface area contributed by atoms with Gasteiger partial charge in [0.2, 0.25) is 11.8 Å².